The summed E-state index contributed by atoms with van der Waals surface area (Å²) >= 11 is 6.29. The van der Waals surface area contributed by atoms with Crippen molar-refractivity contribution in [1.82, 2.24) is 0 Å². The molecule has 2 rings (SSSR count). The number of anilines is 1. The lowest BCUT2D eigenvalue weighted by Crippen LogP contribution is -2.58. The molecule has 1 fully saturated rings. The number of hydrogen-bond acceptors (Lipinski definition) is 3. The maximum Gasteiger partial charge on any atom is 0.330 e. The SMILES string of the molecule is C#CC(=O)N(c1ccc(OC2CCC2)c(Cl)c1)C(C)(C(=O)O)C(C)C. The third kappa shape index (κ3) is 3.59. The van der Waals surface area contributed by atoms with Crippen LogP contribution >= 0.6 is 11.6 Å². The molecule has 1 unspecified atom stereocenters. The summed E-state index contributed by atoms with van der Waals surface area (Å²) in [6, 6.07) is 4.78. The van der Waals surface area contributed by atoms with E-state index < -0.39 is 17.4 Å². The van der Waals surface area contributed by atoms with E-state index in [4.69, 9.17) is 22.8 Å². The van der Waals surface area contributed by atoms with Crippen molar-refractivity contribution in [2.45, 2.75) is 51.7 Å². The van der Waals surface area contributed by atoms with Crippen molar-refractivity contribution in [3.8, 4) is 18.1 Å². The molecule has 1 aromatic rings. The van der Waals surface area contributed by atoms with Crippen LogP contribution in [0.5, 0.6) is 5.75 Å². The van der Waals surface area contributed by atoms with Crippen LogP contribution in [-0.2, 0) is 9.59 Å². The summed E-state index contributed by atoms with van der Waals surface area (Å²) in [7, 11) is 0. The fourth-order valence-electron chi connectivity index (χ4n) is 2.65. The molecule has 134 valence electrons. The van der Waals surface area contributed by atoms with Gasteiger partial charge in [0.1, 0.15) is 11.3 Å². The Labute approximate surface area is 152 Å². The zero-order valence-corrected chi connectivity index (χ0v) is 15.3. The van der Waals surface area contributed by atoms with Gasteiger partial charge in [-0.2, -0.15) is 0 Å². The van der Waals surface area contributed by atoms with Gasteiger partial charge in [-0.1, -0.05) is 25.4 Å². The molecule has 0 aliphatic heterocycles. The van der Waals surface area contributed by atoms with Gasteiger partial charge in [0.25, 0.3) is 0 Å². The summed E-state index contributed by atoms with van der Waals surface area (Å²) in [5, 5.41) is 10.1. The van der Waals surface area contributed by atoms with E-state index in [2.05, 4.69) is 0 Å². The topological polar surface area (TPSA) is 66.8 Å². The Bertz CT molecular complexity index is 721. The third-order valence-electron chi connectivity index (χ3n) is 4.87. The highest BCUT2D eigenvalue weighted by molar-refractivity contribution is 6.32. The first-order chi connectivity index (χ1) is 11.7. The number of halogens is 1. The number of carbonyl (C=O) groups is 2. The summed E-state index contributed by atoms with van der Waals surface area (Å²) in [5.41, 5.74) is -1.18. The highest BCUT2D eigenvalue weighted by Crippen LogP contribution is 2.37. The Morgan fingerprint density at radius 2 is 2.08 bits per heavy atom. The van der Waals surface area contributed by atoms with Crippen LogP contribution in [0.15, 0.2) is 18.2 Å². The van der Waals surface area contributed by atoms with Gasteiger partial charge in [-0.3, -0.25) is 9.69 Å². The van der Waals surface area contributed by atoms with Crippen molar-refractivity contribution in [2.24, 2.45) is 5.92 Å². The van der Waals surface area contributed by atoms with Crippen molar-refractivity contribution in [2.75, 3.05) is 4.90 Å². The lowest BCUT2D eigenvalue weighted by molar-refractivity contribution is -0.145. The average Bonchev–Trinajstić information content (AvgIpc) is 2.51. The zero-order chi connectivity index (χ0) is 18.8. The van der Waals surface area contributed by atoms with Crippen LogP contribution in [0.1, 0.15) is 40.0 Å². The van der Waals surface area contributed by atoms with Gasteiger partial charge in [-0.15, -0.1) is 6.42 Å². The number of terminal acetylenes is 1. The van der Waals surface area contributed by atoms with Crippen LogP contribution < -0.4 is 9.64 Å². The molecule has 1 N–H and O–H groups in total. The molecule has 5 nitrogen and oxygen atoms in total. The van der Waals surface area contributed by atoms with Gasteiger partial charge in [0, 0.05) is 5.69 Å². The summed E-state index contributed by atoms with van der Waals surface area (Å²) < 4.78 is 5.79. The van der Waals surface area contributed by atoms with Crippen molar-refractivity contribution in [3.63, 3.8) is 0 Å². The molecule has 1 saturated carbocycles. The largest absolute Gasteiger partial charge is 0.489 e. The number of ether oxygens (including phenoxy) is 1. The summed E-state index contributed by atoms with van der Waals surface area (Å²) in [6.07, 6.45) is 8.55. The summed E-state index contributed by atoms with van der Waals surface area (Å²) in [4.78, 5) is 25.4. The average molecular weight is 364 g/mol. The Morgan fingerprint density at radius 3 is 2.48 bits per heavy atom. The predicted octanol–water partition coefficient (Wildman–Crippen LogP) is 3.74. The quantitative estimate of drug-likeness (QED) is 0.782. The lowest BCUT2D eigenvalue weighted by atomic mass is 9.85. The molecule has 1 amide bonds. The standard InChI is InChI=1S/C19H22ClNO4/c1-5-17(22)21(19(4,12(2)3)18(23)24)13-9-10-16(15(20)11-13)25-14-7-6-8-14/h1,9-12,14H,6-8H2,2-4H3,(H,23,24). The van der Waals surface area contributed by atoms with Gasteiger partial charge in [0.05, 0.1) is 11.1 Å². The first kappa shape index (κ1) is 19.1. The summed E-state index contributed by atoms with van der Waals surface area (Å²) in [5.74, 6) is 0.273. The number of aliphatic carboxylic acids is 1. The third-order valence-corrected chi connectivity index (χ3v) is 5.16. The molecular weight excluding hydrogens is 342 g/mol. The molecule has 1 aromatic carbocycles. The monoisotopic (exact) mass is 363 g/mol. The van der Waals surface area contributed by atoms with Crippen molar-refractivity contribution < 1.29 is 19.4 Å². The molecule has 0 radical (unpaired) electrons. The second kappa shape index (κ2) is 7.37. The lowest BCUT2D eigenvalue weighted by Gasteiger charge is -2.40. The number of hydrogen-bond donors (Lipinski definition) is 1. The fourth-order valence-corrected chi connectivity index (χ4v) is 2.87. The van der Waals surface area contributed by atoms with Crippen LogP contribution in [0.4, 0.5) is 5.69 Å². The maximum atomic E-state index is 12.3. The van der Waals surface area contributed by atoms with Gasteiger partial charge < -0.3 is 9.84 Å². The van der Waals surface area contributed by atoms with Crippen LogP contribution in [0.25, 0.3) is 0 Å². The Kier molecular flexibility index (Phi) is 5.64. The summed E-state index contributed by atoms with van der Waals surface area (Å²) in [6.45, 7) is 4.92. The minimum absolute atomic E-state index is 0.159. The number of carboxylic acids is 1. The number of benzene rings is 1. The van der Waals surface area contributed by atoms with Gasteiger partial charge in [0.15, 0.2) is 0 Å². The minimum atomic E-state index is -1.51. The maximum absolute atomic E-state index is 12.3. The molecule has 0 spiro atoms. The number of carbonyl (C=O) groups excluding carboxylic acids is 1. The molecule has 1 atom stereocenters. The van der Waals surface area contributed by atoms with Gasteiger partial charge in [-0.25, -0.2) is 4.79 Å². The van der Waals surface area contributed by atoms with Gasteiger partial charge >= 0.3 is 11.9 Å². The molecule has 1 aliphatic carbocycles. The molecule has 0 aromatic heterocycles. The van der Waals surface area contributed by atoms with Crippen LogP contribution in [0.2, 0.25) is 5.02 Å². The van der Waals surface area contributed by atoms with E-state index in [0.29, 0.717) is 16.5 Å². The van der Waals surface area contributed by atoms with E-state index in [0.717, 1.165) is 24.2 Å². The predicted molar refractivity (Wildman–Crippen MR) is 96.9 cm³/mol. The van der Waals surface area contributed by atoms with Crippen molar-refractivity contribution in [1.29, 1.82) is 0 Å². The molecule has 6 heteroatoms. The van der Waals surface area contributed by atoms with E-state index in [1.54, 1.807) is 26.0 Å². The Balaban J connectivity index is 2.44. The molecule has 25 heavy (non-hydrogen) atoms. The highest BCUT2D eigenvalue weighted by Gasteiger charge is 2.46. The Hall–Kier alpha value is -2.19. The van der Waals surface area contributed by atoms with Gasteiger partial charge in [-0.05, 0) is 56.2 Å². The molecule has 0 saturated heterocycles. The first-order valence-corrected chi connectivity index (χ1v) is 8.60. The van der Waals surface area contributed by atoms with Crippen LogP contribution in [-0.4, -0.2) is 28.6 Å². The number of nitrogens with zero attached hydrogens (tertiary/aromatic N) is 1. The van der Waals surface area contributed by atoms with E-state index in [1.807, 2.05) is 5.92 Å². The smallest absolute Gasteiger partial charge is 0.330 e. The molecular formula is C19H22ClNO4. The molecule has 1 aliphatic rings. The van der Waals surface area contributed by atoms with E-state index in [1.165, 1.54) is 13.0 Å². The van der Waals surface area contributed by atoms with Crippen LogP contribution in [0, 0.1) is 18.3 Å². The fraction of sp³-hybridized carbons (Fsp3) is 0.474. The van der Waals surface area contributed by atoms with E-state index >= 15 is 0 Å². The van der Waals surface area contributed by atoms with Crippen molar-refractivity contribution >= 4 is 29.2 Å². The second-order valence-electron chi connectivity index (χ2n) is 6.68. The first-order valence-electron chi connectivity index (χ1n) is 8.22. The molecule has 0 bridgehead atoms. The van der Waals surface area contributed by atoms with Gasteiger partial charge in [0.2, 0.25) is 0 Å². The number of carboxylic acid groups (broad SMARTS) is 1. The van der Waals surface area contributed by atoms with Crippen molar-refractivity contribution in [3.05, 3.63) is 23.2 Å². The normalized spacial score (nSPS) is 16.5. The number of amides is 1. The Morgan fingerprint density at radius 1 is 1.44 bits per heavy atom. The minimum Gasteiger partial charge on any atom is -0.489 e. The number of rotatable bonds is 6. The highest BCUT2D eigenvalue weighted by atomic mass is 35.5. The van der Waals surface area contributed by atoms with E-state index in [-0.39, 0.29) is 12.0 Å². The molecule has 0 heterocycles. The van der Waals surface area contributed by atoms with E-state index in [9.17, 15) is 14.7 Å². The van der Waals surface area contributed by atoms with Crippen LogP contribution in [0.3, 0.4) is 0 Å². The zero-order valence-electron chi connectivity index (χ0n) is 14.6. The second-order valence-corrected chi connectivity index (χ2v) is 7.08.